The molecule has 0 saturated carbocycles. The van der Waals surface area contributed by atoms with Crippen LogP contribution in [0.4, 0.5) is 5.95 Å². The summed E-state index contributed by atoms with van der Waals surface area (Å²) in [6, 6.07) is 2.10. The first-order valence-electron chi connectivity index (χ1n) is 12.5. The number of piperazine rings is 1. The third-order valence-electron chi connectivity index (χ3n) is 6.88. The van der Waals surface area contributed by atoms with Crippen molar-refractivity contribution in [3.8, 4) is 5.82 Å². The third kappa shape index (κ3) is 4.55. The normalized spacial score (nSPS) is 17.8. The van der Waals surface area contributed by atoms with Gasteiger partial charge in [0.1, 0.15) is 0 Å². The van der Waals surface area contributed by atoms with Crippen LogP contribution in [0.5, 0.6) is 0 Å². The lowest BCUT2D eigenvalue weighted by molar-refractivity contribution is -0.136. The predicted molar refractivity (Wildman–Crippen MR) is 137 cm³/mol. The molecular formula is C25H35N7OS. The van der Waals surface area contributed by atoms with Crippen LogP contribution in [0, 0.1) is 19.8 Å². The van der Waals surface area contributed by atoms with Crippen molar-refractivity contribution in [3.63, 3.8) is 0 Å². The van der Waals surface area contributed by atoms with E-state index in [0.29, 0.717) is 0 Å². The molecular weight excluding hydrogens is 446 g/mol. The van der Waals surface area contributed by atoms with Crippen molar-refractivity contribution in [1.82, 2.24) is 29.5 Å². The first-order chi connectivity index (χ1) is 16.4. The second-order valence-corrected chi connectivity index (χ2v) is 10.8. The van der Waals surface area contributed by atoms with E-state index >= 15 is 0 Å². The maximum Gasteiger partial charge on any atom is 0.228 e. The van der Waals surface area contributed by atoms with Crippen LogP contribution in [0.2, 0.25) is 0 Å². The zero-order chi connectivity index (χ0) is 23.8. The van der Waals surface area contributed by atoms with Crippen LogP contribution in [-0.2, 0) is 11.3 Å². The zero-order valence-electron chi connectivity index (χ0n) is 20.8. The average molecular weight is 482 g/mol. The third-order valence-corrected chi connectivity index (χ3v) is 7.89. The van der Waals surface area contributed by atoms with E-state index in [2.05, 4.69) is 28.2 Å². The summed E-state index contributed by atoms with van der Waals surface area (Å²) in [5.41, 5.74) is 4.37. The average Bonchev–Trinajstić information content (AvgIpc) is 3.40. The summed E-state index contributed by atoms with van der Waals surface area (Å²) in [7, 11) is 0. The van der Waals surface area contributed by atoms with Crippen LogP contribution in [-0.4, -0.2) is 74.7 Å². The lowest BCUT2D eigenvalue weighted by Crippen LogP contribution is -2.49. The van der Waals surface area contributed by atoms with E-state index in [1.807, 2.05) is 30.4 Å². The van der Waals surface area contributed by atoms with Gasteiger partial charge in [-0.05, 0) is 44.6 Å². The molecule has 0 spiro atoms. The van der Waals surface area contributed by atoms with E-state index in [1.54, 1.807) is 11.3 Å². The summed E-state index contributed by atoms with van der Waals surface area (Å²) in [6.45, 7) is 14.3. The summed E-state index contributed by atoms with van der Waals surface area (Å²) in [6.07, 6.45) is 3.65. The maximum atomic E-state index is 12.4. The minimum absolute atomic E-state index is 0.0603. The highest BCUT2D eigenvalue weighted by atomic mass is 32.1. The van der Waals surface area contributed by atoms with Gasteiger partial charge in [0.05, 0.1) is 15.9 Å². The molecule has 8 nitrogen and oxygen atoms in total. The number of aryl methyl sites for hydroxylation is 2. The molecule has 0 aliphatic carbocycles. The highest BCUT2D eigenvalue weighted by Crippen LogP contribution is 2.33. The van der Waals surface area contributed by atoms with Gasteiger partial charge < -0.3 is 9.80 Å². The number of hydrogen-bond donors (Lipinski definition) is 0. The largest absolute Gasteiger partial charge is 0.341 e. The van der Waals surface area contributed by atoms with Gasteiger partial charge in [0.25, 0.3) is 0 Å². The Morgan fingerprint density at radius 2 is 1.76 bits per heavy atom. The molecule has 182 valence electrons. The first-order valence-corrected chi connectivity index (χ1v) is 13.4. The zero-order valence-corrected chi connectivity index (χ0v) is 21.6. The SMILES string of the molecule is Cc1cc(C)n(-c2nc(N3CCCCC3)nc3c(CN4CCN(C(=O)C(C)C)CC4)csc23)n1. The lowest BCUT2D eigenvalue weighted by atomic mass is 10.1. The van der Waals surface area contributed by atoms with E-state index in [1.165, 1.54) is 24.8 Å². The molecule has 3 aromatic rings. The van der Waals surface area contributed by atoms with Crippen LogP contribution in [0.15, 0.2) is 11.4 Å². The number of hydrogen-bond acceptors (Lipinski definition) is 7. The summed E-state index contributed by atoms with van der Waals surface area (Å²) in [4.78, 5) is 29.3. The van der Waals surface area contributed by atoms with Crippen molar-refractivity contribution < 1.29 is 4.79 Å². The number of rotatable bonds is 5. The Morgan fingerprint density at radius 3 is 2.41 bits per heavy atom. The fourth-order valence-corrected chi connectivity index (χ4v) is 5.98. The number of nitrogens with zero attached hydrogens (tertiary/aromatic N) is 7. The summed E-state index contributed by atoms with van der Waals surface area (Å²) < 4.78 is 3.07. The molecule has 3 aromatic heterocycles. The van der Waals surface area contributed by atoms with Gasteiger partial charge in [-0.25, -0.2) is 9.67 Å². The molecule has 2 saturated heterocycles. The summed E-state index contributed by atoms with van der Waals surface area (Å²) in [5, 5.41) is 6.98. The molecule has 9 heteroatoms. The lowest BCUT2D eigenvalue weighted by Gasteiger charge is -2.35. The van der Waals surface area contributed by atoms with Crippen LogP contribution < -0.4 is 4.90 Å². The molecule has 2 aliphatic heterocycles. The van der Waals surface area contributed by atoms with Gasteiger partial charge in [0.2, 0.25) is 11.9 Å². The number of thiophene rings is 1. The molecule has 2 fully saturated rings. The minimum Gasteiger partial charge on any atom is -0.341 e. The first kappa shape index (κ1) is 23.2. The van der Waals surface area contributed by atoms with Crippen molar-refractivity contribution in [2.75, 3.05) is 44.2 Å². The Balaban J connectivity index is 1.46. The van der Waals surface area contributed by atoms with Crippen molar-refractivity contribution in [1.29, 1.82) is 0 Å². The Bertz CT molecular complexity index is 1170. The minimum atomic E-state index is 0.0603. The van der Waals surface area contributed by atoms with Crippen molar-refractivity contribution in [3.05, 3.63) is 28.4 Å². The number of fused-ring (bicyclic) bond motifs is 1. The van der Waals surface area contributed by atoms with Crippen LogP contribution in [0.25, 0.3) is 16.0 Å². The van der Waals surface area contributed by atoms with Gasteiger partial charge in [-0.1, -0.05) is 13.8 Å². The smallest absolute Gasteiger partial charge is 0.228 e. The molecule has 2 aliphatic rings. The molecule has 0 radical (unpaired) electrons. The van der Waals surface area contributed by atoms with Crippen molar-refractivity contribution >= 4 is 33.4 Å². The topological polar surface area (TPSA) is 70.4 Å². The Kier molecular flexibility index (Phi) is 6.57. The maximum absolute atomic E-state index is 12.4. The van der Waals surface area contributed by atoms with Gasteiger partial charge in [-0.15, -0.1) is 11.3 Å². The fourth-order valence-electron chi connectivity index (χ4n) is 5.01. The Morgan fingerprint density at radius 1 is 1.03 bits per heavy atom. The number of carbonyl (C=O) groups is 1. The molecule has 5 rings (SSSR count). The van der Waals surface area contributed by atoms with Crippen LogP contribution >= 0.6 is 11.3 Å². The van der Waals surface area contributed by atoms with E-state index in [-0.39, 0.29) is 11.8 Å². The molecule has 0 atom stereocenters. The van der Waals surface area contributed by atoms with Gasteiger partial charge in [-0.3, -0.25) is 9.69 Å². The number of anilines is 1. The molecule has 1 amide bonds. The molecule has 0 unspecified atom stereocenters. The van der Waals surface area contributed by atoms with E-state index in [4.69, 9.17) is 15.1 Å². The Labute approximate surface area is 205 Å². The van der Waals surface area contributed by atoms with Gasteiger partial charge in [0, 0.05) is 63.0 Å². The monoisotopic (exact) mass is 481 g/mol. The van der Waals surface area contributed by atoms with E-state index < -0.39 is 0 Å². The highest BCUT2D eigenvalue weighted by molar-refractivity contribution is 7.17. The second kappa shape index (κ2) is 9.62. The van der Waals surface area contributed by atoms with Gasteiger partial charge >= 0.3 is 0 Å². The van der Waals surface area contributed by atoms with Gasteiger partial charge in [-0.2, -0.15) is 10.1 Å². The quantitative estimate of drug-likeness (QED) is 0.552. The number of aromatic nitrogens is 4. The number of amides is 1. The van der Waals surface area contributed by atoms with Crippen LogP contribution in [0.1, 0.15) is 50.1 Å². The summed E-state index contributed by atoms with van der Waals surface area (Å²) >= 11 is 1.71. The fraction of sp³-hybridized carbons (Fsp3) is 0.600. The van der Waals surface area contributed by atoms with E-state index in [9.17, 15) is 4.79 Å². The van der Waals surface area contributed by atoms with Crippen molar-refractivity contribution in [2.24, 2.45) is 5.92 Å². The summed E-state index contributed by atoms with van der Waals surface area (Å²) in [5.74, 6) is 2.03. The van der Waals surface area contributed by atoms with Crippen LogP contribution in [0.3, 0.4) is 0 Å². The van der Waals surface area contributed by atoms with E-state index in [0.717, 1.165) is 79.2 Å². The predicted octanol–water partition coefficient (Wildman–Crippen LogP) is 3.78. The molecule has 0 N–H and O–H groups in total. The molecule has 0 aromatic carbocycles. The highest BCUT2D eigenvalue weighted by Gasteiger charge is 2.25. The molecule has 5 heterocycles. The van der Waals surface area contributed by atoms with Gasteiger partial charge in [0.15, 0.2) is 5.82 Å². The second-order valence-electron chi connectivity index (χ2n) is 9.93. The molecule has 0 bridgehead atoms. The van der Waals surface area contributed by atoms with Crippen molar-refractivity contribution in [2.45, 2.75) is 53.5 Å². The Hall–Kier alpha value is -2.52. The number of piperidine rings is 1. The standard InChI is InChI=1S/C25H35N7OS/c1-17(2)24(33)30-12-10-29(11-13-30)15-20-16-34-22-21(20)26-25(31-8-6-5-7-9-31)27-23(22)32-19(4)14-18(3)28-32/h14,16-17H,5-13,15H2,1-4H3. The number of carbonyl (C=O) groups excluding carboxylic acids is 1. The molecule has 34 heavy (non-hydrogen) atoms.